The number of Topliss-reactive ketones (excluding diaryl/α,β-unsaturated/α-hetero) is 1. The van der Waals surface area contributed by atoms with Crippen molar-refractivity contribution in [2.45, 2.75) is 94.6 Å². The number of carbonyl (C=O) groups excluding carboxylic acids is 5. The van der Waals surface area contributed by atoms with Gasteiger partial charge in [-0.2, -0.15) is 0 Å². The number of hydrogen-bond donors (Lipinski definition) is 3. The van der Waals surface area contributed by atoms with Crippen LogP contribution in [0.5, 0.6) is 0 Å². The van der Waals surface area contributed by atoms with E-state index in [0.717, 1.165) is 5.56 Å². The zero-order chi connectivity index (χ0) is 31.6. The first-order chi connectivity index (χ1) is 20.4. The number of halogens is 1. The Bertz CT molecular complexity index is 1180. The first-order valence-electron chi connectivity index (χ1n) is 14.6. The lowest BCUT2D eigenvalue weighted by Crippen LogP contribution is -2.64. The first kappa shape index (κ1) is 34.8. The number of benzene rings is 1. The predicted molar refractivity (Wildman–Crippen MR) is 171 cm³/mol. The molecule has 2 heterocycles. The van der Waals surface area contributed by atoms with Gasteiger partial charge in [0, 0.05) is 24.6 Å². The number of thiocarbonyl (C=S) groups is 1. The molecular formula is C30H41ClN4O6S2. The quantitative estimate of drug-likeness (QED) is 0.246. The number of fused-ring (bicyclic) bond motifs is 1. The Morgan fingerprint density at radius 2 is 1.84 bits per heavy atom. The van der Waals surface area contributed by atoms with E-state index in [0.29, 0.717) is 43.2 Å². The van der Waals surface area contributed by atoms with Crippen LogP contribution in [0.2, 0.25) is 0 Å². The zero-order valence-corrected chi connectivity index (χ0v) is 27.2. The third kappa shape index (κ3) is 10.2. The fourth-order valence-corrected chi connectivity index (χ4v) is 6.78. The molecule has 4 atom stereocenters. The minimum Gasteiger partial charge on any atom is -0.479 e. The van der Waals surface area contributed by atoms with Crippen LogP contribution in [0.25, 0.3) is 0 Å². The fraction of sp³-hybridized carbons (Fsp3) is 0.600. The summed E-state index contributed by atoms with van der Waals surface area (Å²) in [6, 6.07) is 6.68. The van der Waals surface area contributed by atoms with Gasteiger partial charge in [0.2, 0.25) is 28.0 Å². The minimum atomic E-state index is -1.38. The molecule has 0 aliphatic carbocycles. The molecule has 0 radical (unpaired) electrons. The number of ether oxygens (including phenoxy) is 1. The van der Waals surface area contributed by atoms with Crippen molar-refractivity contribution in [1.82, 2.24) is 20.9 Å². The number of amides is 4. The molecule has 1 aromatic carbocycles. The number of carbonyl (C=O) groups is 5. The molecule has 2 aliphatic heterocycles. The topological polar surface area (TPSA) is 134 Å². The van der Waals surface area contributed by atoms with E-state index in [2.05, 4.69) is 16.0 Å². The number of hydrogen-bond acceptors (Lipinski definition) is 8. The average molecular weight is 653 g/mol. The molecule has 3 rings (SSSR count). The molecule has 236 valence electrons. The summed E-state index contributed by atoms with van der Waals surface area (Å²) in [4.78, 5) is 67.9. The number of ketones is 1. The lowest BCUT2D eigenvalue weighted by molar-refractivity contribution is -0.144. The highest BCUT2D eigenvalue weighted by Gasteiger charge is 2.42. The molecule has 2 unspecified atom stereocenters. The second-order valence-corrected chi connectivity index (χ2v) is 13.5. The van der Waals surface area contributed by atoms with E-state index < -0.39 is 41.4 Å². The number of rotatable bonds is 11. The highest BCUT2D eigenvalue weighted by atomic mass is 35.5. The first-order valence-corrected chi connectivity index (χ1v) is 16.5. The number of thioether (sulfide) groups is 1. The normalized spacial score (nSPS) is 23.2. The molecule has 4 amide bonds. The van der Waals surface area contributed by atoms with E-state index in [4.69, 9.17) is 28.6 Å². The minimum absolute atomic E-state index is 0.0889. The number of nitrogens with zero attached hydrogens (tertiary/aromatic N) is 1. The second-order valence-electron chi connectivity index (χ2n) is 11.3. The Morgan fingerprint density at radius 1 is 1.12 bits per heavy atom. The van der Waals surface area contributed by atoms with Crippen LogP contribution in [-0.4, -0.2) is 86.6 Å². The van der Waals surface area contributed by atoms with Crippen LogP contribution >= 0.6 is 35.6 Å². The Labute approximate surface area is 267 Å². The molecule has 0 bridgehead atoms. The van der Waals surface area contributed by atoms with Crippen LogP contribution < -0.4 is 16.0 Å². The molecule has 2 fully saturated rings. The summed E-state index contributed by atoms with van der Waals surface area (Å²) >= 11 is 12.3. The third-order valence-electron chi connectivity index (χ3n) is 7.56. The van der Waals surface area contributed by atoms with E-state index in [9.17, 15) is 24.0 Å². The van der Waals surface area contributed by atoms with Crippen LogP contribution in [0.4, 0.5) is 0 Å². The van der Waals surface area contributed by atoms with Gasteiger partial charge in [-0.15, -0.1) is 11.6 Å². The van der Waals surface area contributed by atoms with Gasteiger partial charge < -0.3 is 25.6 Å². The summed E-state index contributed by atoms with van der Waals surface area (Å²) in [6.45, 7) is 5.72. The van der Waals surface area contributed by atoms with Crippen molar-refractivity contribution in [2.75, 3.05) is 19.0 Å². The Balaban J connectivity index is 1.84. The van der Waals surface area contributed by atoms with E-state index in [1.807, 2.05) is 37.3 Å². The number of nitrogens with one attached hydrogen (secondary N) is 3. The monoisotopic (exact) mass is 652 g/mol. The molecule has 13 heteroatoms. The zero-order valence-electron chi connectivity index (χ0n) is 24.9. The van der Waals surface area contributed by atoms with Gasteiger partial charge in [-0.05, 0) is 70.7 Å². The van der Waals surface area contributed by atoms with Crippen LogP contribution in [0.15, 0.2) is 30.3 Å². The maximum Gasteiger partial charge on any atom is 0.246 e. The largest absolute Gasteiger partial charge is 0.479 e. The standard InChI is InChI=1S/C30H41ClN4O6S2/c1-4-41-29(42)43-21(13-12-20(36)18-31)14-15-22-25(37)34-30(2,3)28(40)33-23(17-19-9-6-5-7-10-19)27(39)35-16-8-11-24(35)26(38)32-22/h5-7,9-10,21-24H,4,8,11-18H2,1-3H3,(H,32,38)(H,33,40)(H,34,37)/t21?,22-,23?,24+/m0/s1. The summed E-state index contributed by atoms with van der Waals surface area (Å²) in [5, 5.41) is 8.33. The molecule has 2 saturated heterocycles. The Morgan fingerprint density at radius 3 is 2.51 bits per heavy atom. The van der Waals surface area contributed by atoms with Crippen LogP contribution in [-0.2, 0) is 35.1 Å². The summed E-state index contributed by atoms with van der Waals surface area (Å²) in [5.74, 6) is -1.96. The average Bonchev–Trinajstić information content (AvgIpc) is 3.47. The highest BCUT2D eigenvalue weighted by Crippen LogP contribution is 2.26. The lowest BCUT2D eigenvalue weighted by Gasteiger charge is -2.35. The van der Waals surface area contributed by atoms with Gasteiger partial charge >= 0.3 is 0 Å². The van der Waals surface area contributed by atoms with Gasteiger partial charge in [-0.25, -0.2) is 0 Å². The second kappa shape index (κ2) is 16.4. The summed E-state index contributed by atoms with van der Waals surface area (Å²) in [6.07, 6.45) is 2.67. The molecule has 10 nitrogen and oxygen atoms in total. The SMILES string of the molecule is CCOC(=S)SC(CCC(=O)CCl)CC[C@@H]1NC(=O)[C@H]2CCCN2C(=O)C(Cc2ccccc2)NC(=O)C(C)(C)NC1=O. The summed E-state index contributed by atoms with van der Waals surface area (Å²) in [5.41, 5.74) is -0.518. The fourth-order valence-electron chi connectivity index (χ4n) is 5.17. The summed E-state index contributed by atoms with van der Waals surface area (Å²) in [7, 11) is 0. The van der Waals surface area contributed by atoms with Crippen molar-refractivity contribution < 1.29 is 28.7 Å². The van der Waals surface area contributed by atoms with E-state index in [1.54, 1.807) is 13.8 Å². The number of alkyl halides is 1. The third-order valence-corrected chi connectivity index (χ3v) is 9.38. The van der Waals surface area contributed by atoms with Crippen molar-refractivity contribution in [2.24, 2.45) is 0 Å². The molecule has 1 aromatic rings. The molecule has 0 aromatic heterocycles. The molecule has 0 spiro atoms. The van der Waals surface area contributed by atoms with Gasteiger partial charge in [0.15, 0.2) is 0 Å². The van der Waals surface area contributed by atoms with Gasteiger partial charge in [0.05, 0.1) is 12.5 Å². The summed E-state index contributed by atoms with van der Waals surface area (Å²) < 4.78 is 5.76. The van der Waals surface area contributed by atoms with Crippen LogP contribution in [0.1, 0.15) is 64.9 Å². The van der Waals surface area contributed by atoms with Crippen molar-refractivity contribution in [3.8, 4) is 0 Å². The van der Waals surface area contributed by atoms with Crippen LogP contribution in [0, 0.1) is 0 Å². The Hall–Kier alpha value is -2.70. The van der Waals surface area contributed by atoms with Crippen molar-refractivity contribution in [1.29, 1.82) is 0 Å². The van der Waals surface area contributed by atoms with E-state index in [-0.39, 0.29) is 42.1 Å². The highest BCUT2D eigenvalue weighted by molar-refractivity contribution is 8.23. The van der Waals surface area contributed by atoms with Gasteiger partial charge in [0.1, 0.15) is 29.4 Å². The molecule has 0 saturated carbocycles. The van der Waals surface area contributed by atoms with Crippen LogP contribution in [0.3, 0.4) is 0 Å². The predicted octanol–water partition coefficient (Wildman–Crippen LogP) is 2.89. The molecular weight excluding hydrogens is 612 g/mol. The van der Waals surface area contributed by atoms with Crippen molar-refractivity contribution in [3.05, 3.63) is 35.9 Å². The molecule has 3 N–H and O–H groups in total. The van der Waals surface area contributed by atoms with Crippen molar-refractivity contribution in [3.63, 3.8) is 0 Å². The van der Waals surface area contributed by atoms with Gasteiger partial charge in [-0.1, -0.05) is 42.1 Å². The maximum absolute atomic E-state index is 13.8. The lowest BCUT2D eigenvalue weighted by atomic mass is 9.98. The molecule has 2 aliphatic rings. The van der Waals surface area contributed by atoms with Crippen molar-refractivity contribution >= 4 is 69.4 Å². The molecule has 43 heavy (non-hydrogen) atoms. The maximum atomic E-state index is 13.8. The van der Waals surface area contributed by atoms with E-state index in [1.165, 1.54) is 16.7 Å². The smallest absolute Gasteiger partial charge is 0.246 e. The van der Waals surface area contributed by atoms with E-state index >= 15 is 0 Å². The van der Waals surface area contributed by atoms with Gasteiger partial charge in [-0.3, -0.25) is 24.0 Å². The Kier molecular flexibility index (Phi) is 13.3. The van der Waals surface area contributed by atoms with Gasteiger partial charge in [0.25, 0.3) is 0 Å².